The summed E-state index contributed by atoms with van der Waals surface area (Å²) in [7, 11) is 0. The molecule has 0 amide bonds. The van der Waals surface area contributed by atoms with Crippen molar-refractivity contribution in [1.82, 2.24) is 5.43 Å². The van der Waals surface area contributed by atoms with E-state index in [1.165, 1.54) is 0 Å². The van der Waals surface area contributed by atoms with Gasteiger partial charge >= 0.3 is 0 Å². The van der Waals surface area contributed by atoms with Gasteiger partial charge in [0.05, 0.1) is 12.1 Å². The minimum absolute atomic E-state index is 0.0313. The summed E-state index contributed by atoms with van der Waals surface area (Å²) in [5, 5.41) is 0. The van der Waals surface area contributed by atoms with E-state index in [0.29, 0.717) is 0 Å². The van der Waals surface area contributed by atoms with Gasteiger partial charge in [-0.05, 0) is 49.2 Å². The lowest BCUT2D eigenvalue weighted by Gasteiger charge is -2.18. The third kappa shape index (κ3) is 3.82. The van der Waals surface area contributed by atoms with Crippen LogP contribution in [0.15, 0.2) is 53.0 Å². The highest BCUT2D eigenvalue weighted by molar-refractivity contribution is 9.10. The average molecular weight is 335 g/mol. The summed E-state index contributed by atoms with van der Waals surface area (Å²) in [4.78, 5) is 0. The van der Waals surface area contributed by atoms with Crippen molar-refractivity contribution in [3.63, 3.8) is 0 Å². The Kier molecular flexibility index (Phi) is 5.17. The van der Waals surface area contributed by atoms with E-state index in [-0.39, 0.29) is 12.1 Å². The van der Waals surface area contributed by atoms with Gasteiger partial charge in [0.25, 0.3) is 0 Å². The molecule has 0 saturated heterocycles. The van der Waals surface area contributed by atoms with Crippen LogP contribution in [-0.2, 0) is 0 Å². The van der Waals surface area contributed by atoms with E-state index in [1.807, 2.05) is 62.4 Å². The summed E-state index contributed by atoms with van der Waals surface area (Å²) in [6.45, 7) is 4.03. The van der Waals surface area contributed by atoms with Crippen molar-refractivity contribution in [2.75, 3.05) is 0 Å². The van der Waals surface area contributed by atoms with Crippen molar-refractivity contribution in [3.05, 3.63) is 64.1 Å². The van der Waals surface area contributed by atoms with E-state index in [0.717, 1.165) is 21.3 Å². The minimum Gasteiger partial charge on any atom is -0.491 e. The predicted molar refractivity (Wildman–Crippen MR) is 85.5 cm³/mol. The van der Waals surface area contributed by atoms with Crippen molar-refractivity contribution in [2.45, 2.75) is 26.0 Å². The predicted octanol–water partition coefficient (Wildman–Crippen LogP) is 3.79. The first-order chi connectivity index (χ1) is 9.60. The van der Waals surface area contributed by atoms with Gasteiger partial charge < -0.3 is 4.74 Å². The van der Waals surface area contributed by atoms with Gasteiger partial charge in [-0.2, -0.15) is 0 Å². The summed E-state index contributed by atoms with van der Waals surface area (Å²) in [6.07, 6.45) is 0.177. The first-order valence-electron chi connectivity index (χ1n) is 6.58. The zero-order valence-corrected chi connectivity index (χ0v) is 13.2. The van der Waals surface area contributed by atoms with Gasteiger partial charge in [-0.25, -0.2) is 5.43 Å². The first-order valence-corrected chi connectivity index (χ1v) is 7.37. The molecule has 3 N–H and O–H groups in total. The fourth-order valence-corrected chi connectivity index (χ4v) is 2.32. The van der Waals surface area contributed by atoms with Crippen LogP contribution in [0, 0.1) is 0 Å². The second-order valence-corrected chi connectivity index (χ2v) is 5.80. The molecular weight excluding hydrogens is 316 g/mol. The van der Waals surface area contributed by atoms with E-state index >= 15 is 0 Å². The molecule has 0 aromatic heterocycles. The summed E-state index contributed by atoms with van der Waals surface area (Å²) >= 11 is 3.44. The van der Waals surface area contributed by atoms with Crippen molar-refractivity contribution in [3.8, 4) is 5.75 Å². The van der Waals surface area contributed by atoms with Crippen LogP contribution in [0.3, 0.4) is 0 Å². The van der Waals surface area contributed by atoms with Gasteiger partial charge in [-0.1, -0.05) is 40.2 Å². The summed E-state index contributed by atoms with van der Waals surface area (Å²) < 4.78 is 6.70. The molecule has 106 valence electrons. The maximum atomic E-state index is 5.70. The summed E-state index contributed by atoms with van der Waals surface area (Å²) in [5.74, 6) is 6.57. The highest BCUT2D eigenvalue weighted by Gasteiger charge is 2.12. The van der Waals surface area contributed by atoms with Crippen LogP contribution in [0.1, 0.15) is 31.0 Å². The molecule has 0 radical (unpaired) electrons. The summed E-state index contributed by atoms with van der Waals surface area (Å²) in [6, 6.07) is 16.1. The number of hydrazine groups is 1. The molecule has 2 rings (SSSR count). The third-order valence-electron chi connectivity index (χ3n) is 2.96. The van der Waals surface area contributed by atoms with Crippen LogP contribution in [0.2, 0.25) is 0 Å². The molecule has 0 aliphatic carbocycles. The zero-order chi connectivity index (χ0) is 14.5. The van der Waals surface area contributed by atoms with Crippen LogP contribution < -0.4 is 16.0 Å². The van der Waals surface area contributed by atoms with Crippen molar-refractivity contribution < 1.29 is 4.74 Å². The SMILES string of the molecule is CC(C)Oc1ccc(C(NN)c2ccc(Br)cc2)cc1. The van der Waals surface area contributed by atoms with E-state index in [4.69, 9.17) is 10.6 Å². The monoisotopic (exact) mass is 334 g/mol. The number of rotatable bonds is 5. The lowest BCUT2D eigenvalue weighted by atomic mass is 9.99. The fourth-order valence-electron chi connectivity index (χ4n) is 2.05. The highest BCUT2D eigenvalue weighted by Crippen LogP contribution is 2.25. The molecule has 0 saturated carbocycles. The third-order valence-corrected chi connectivity index (χ3v) is 3.48. The molecule has 1 unspecified atom stereocenters. The Bertz CT molecular complexity index is 537. The molecule has 0 spiro atoms. The molecule has 0 aliphatic rings. The summed E-state index contributed by atoms with van der Waals surface area (Å²) in [5.41, 5.74) is 5.08. The molecule has 0 heterocycles. The quantitative estimate of drug-likeness (QED) is 0.646. The molecule has 20 heavy (non-hydrogen) atoms. The normalized spacial score (nSPS) is 12.4. The molecule has 0 bridgehead atoms. The molecule has 0 aliphatic heterocycles. The molecule has 2 aromatic carbocycles. The number of hydrogen-bond acceptors (Lipinski definition) is 3. The number of hydrogen-bond donors (Lipinski definition) is 2. The minimum atomic E-state index is -0.0313. The molecule has 0 fully saturated rings. The Labute approximate surface area is 128 Å². The Morgan fingerprint density at radius 3 is 1.90 bits per heavy atom. The van der Waals surface area contributed by atoms with E-state index in [9.17, 15) is 0 Å². The van der Waals surface area contributed by atoms with Crippen LogP contribution in [0.4, 0.5) is 0 Å². The highest BCUT2D eigenvalue weighted by atomic mass is 79.9. The van der Waals surface area contributed by atoms with Crippen LogP contribution in [-0.4, -0.2) is 6.10 Å². The Balaban J connectivity index is 2.21. The lowest BCUT2D eigenvalue weighted by molar-refractivity contribution is 0.242. The van der Waals surface area contributed by atoms with E-state index < -0.39 is 0 Å². The lowest BCUT2D eigenvalue weighted by Crippen LogP contribution is -2.28. The number of ether oxygens (including phenoxy) is 1. The number of halogens is 1. The van der Waals surface area contributed by atoms with Gasteiger partial charge in [-0.15, -0.1) is 0 Å². The zero-order valence-electron chi connectivity index (χ0n) is 11.6. The van der Waals surface area contributed by atoms with Crippen LogP contribution >= 0.6 is 15.9 Å². The van der Waals surface area contributed by atoms with Gasteiger partial charge in [0.15, 0.2) is 0 Å². The van der Waals surface area contributed by atoms with Crippen LogP contribution in [0.25, 0.3) is 0 Å². The van der Waals surface area contributed by atoms with Crippen molar-refractivity contribution in [2.24, 2.45) is 5.84 Å². The molecule has 1 atom stereocenters. The number of benzene rings is 2. The van der Waals surface area contributed by atoms with Crippen molar-refractivity contribution >= 4 is 15.9 Å². The fraction of sp³-hybridized carbons (Fsp3) is 0.250. The second-order valence-electron chi connectivity index (χ2n) is 4.89. The molecule has 4 heteroatoms. The Hall–Kier alpha value is -1.36. The maximum absolute atomic E-state index is 5.70. The average Bonchev–Trinajstić information content (AvgIpc) is 2.43. The molecular formula is C16H19BrN2O. The smallest absolute Gasteiger partial charge is 0.119 e. The Morgan fingerprint density at radius 1 is 0.950 bits per heavy atom. The van der Waals surface area contributed by atoms with Gasteiger partial charge in [-0.3, -0.25) is 5.84 Å². The topological polar surface area (TPSA) is 47.3 Å². The van der Waals surface area contributed by atoms with Gasteiger partial charge in [0.2, 0.25) is 0 Å². The van der Waals surface area contributed by atoms with E-state index in [2.05, 4.69) is 21.4 Å². The molecule has 3 nitrogen and oxygen atoms in total. The van der Waals surface area contributed by atoms with Crippen LogP contribution in [0.5, 0.6) is 5.75 Å². The number of nitrogens with one attached hydrogen (secondary N) is 1. The van der Waals surface area contributed by atoms with E-state index in [1.54, 1.807) is 0 Å². The van der Waals surface area contributed by atoms with Gasteiger partial charge in [0, 0.05) is 4.47 Å². The first kappa shape index (κ1) is 15.0. The largest absolute Gasteiger partial charge is 0.491 e. The van der Waals surface area contributed by atoms with Gasteiger partial charge in [0.1, 0.15) is 5.75 Å². The Morgan fingerprint density at radius 2 is 1.45 bits per heavy atom. The number of nitrogens with two attached hydrogens (primary N) is 1. The standard InChI is InChI=1S/C16H19BrN2O/c1-11(2)20-15-9-5-13(6-10-15)16(19-18)12-3-7-14(17)8-4-12/h3-11,16,19H,18H2,1-2H3. The molecule has 2 aromatic rings. The van der Waals surface area contributed by atoms with Crippen molar-refractivity contribution in [1.29, 1.82) is 0 Å². The second kappa shape index (κ2) is 6.88. The maximum Gasteiger partial charge on any atom is 0.119 e.